The second kappa shape index (κ2) is 10.8. The lowest BCUT2D eigenvalue weighted by Gasteiger charge is -2.39. The number of carbonyl (C=O) groups is 1. The zero-order chi connectivity index (χ0) is 25.8. The lowest BCUT2D eigenvalue weighted by molar-refractivity contribution is 0.0569. The summed E-state index contributed by atoms with van der Waals surface area (Å²) in [5.74, 6) is 1.28. The van der Waals surface area contributed by atoms with E-state index in [2.05, 4.69) is 19.5 Å². The molecule has 0 saturated carbocycles. The lowest BCUT2D eigenvalue weighted by atomic mass is 10.1. The smallest absolute Gasteiger partial charge is 0.422 e. The lowest BCUT2D eigenvalue weighted by Crippen LogP contribution is -2.53. The highest BCUT2D eigenvalue weighted by atomic mass is 32.2. The van der Waals surface area contributed by atoms with E-state index < -0.39 is 21.9 Å². The number of nitrogens with zero attached hydrogens (tertiary/aromatic N) is 3. The average molecular weight is 510 g/mol. The van der Waals surface area contributed by atoms with Gasteiger partial charge in [0.2, 0.25) is 0 Å². The summed E-state index contributed by atoms with van der Waals surface area (Å²) in [6.07, 6.45) is 0.774. The van der Waals surface area contributed by atoms with Gasteiger partial charge in [-0.05, 0) is 39.8 Å². The van der Waals surface area contributed by atoms with E-state index in [9.17, 15) is 13.2 Å². The van der Waals surface area contributed by atoms with Crippen LogP contribution in [0.5, 0.6) is 11.5 Å². The number of benzene rings is 1. The van der Waals surface area contributed by atoms with Crippen molar-refractivity contribution in [2.45, 2.75) is 39.3 Å². The molecule has 1 aromatic carbocycles. The third kappa shape index (κ3) is 7.09. The summed E-state index contributed by atoms with van der Waals surface area (Å²) in [6, 6.07) is 5.74. The minimum absolute atomic E-state index is 0.0640. The molecule has 0 bridgehead atoms. The standard InChI is InChI=1S/C23H35N5O6S/c1-16(15-25-35(30,31)26-22(29)34-23(2,3)4)27-9-11-28(12-10-27)19-7-8-24-18-14-21(33-6)20(32-5)13-17(18)19/h7-8,13-14,16,25H,9-12,15H2,1-6H3,(H,26,29). The van der Waals surface area contributed by atoms with E-state index in [0.717, 1.165) is 42.8 Å². The summed E-state index contributed by atoms with van der Waals surface area (Å²) in [4.78, 5) is 20.7. The van der Waals surface area contributed by atoms with Crippen molar-refractivity contribution < 1.29 is 27.4 Å². The number of amides is 1. The molecule has 0 spiro atoms. The maximum absolute atomic E-state index is 12.2. The van der Waals surface area contributed by atoms with Crippen molar-refractivity contribution in [2.24, 2.45) is 0 Å². The third-order valence-corrected chi connectivity index (χ3v) is 6.67. The largest absolute Gasteiger partial charge is 0.493 e. The molecule has 0 aliphatic carbocycles. The van der Waals surface area contributed by atoms with E-state index in [4.69, 9.17) is 14.2 Å². The van der Waals surface area contributed by atoms with Gasteiger partial charge in [0.15, 0.2) is 11.5 Å². The first kappa shape index (κ1) is 26.8. The summed E-state index contributed by atoms with van der Waals surface area (Å²) in [6.45, 7) is 10.1. The molecule has 1 saturated heterocycles. The quantitative estimate of drug-likeness (QED) is 0.551. The molecule has 1 aliphatic heterocycles. The number of hydrogen-bond donors (Lipinski definition) is 2. The fourth-order valence-corrected chi connectivity index (χ4v) is 4.74. The van der Waals surface area contributed by atoms with E-state index in [1.807, 2.05) is 29.8 Å². The van der Waals surface area contributed by atoms with Crippen LogP contribution in [-0.4, -0.2) is 83.0 Å². The van der Waals surface area contributed by atoms with Crippen LogP contribution in [0.25, 0.3) is 10.9 Å². The predicted octanol–water partition coefficient (Wildman–Crippen LogP) is 2.12. The van der Waals surface area contributed by atoms with Crippen molar-refractivity contribution in [3.63, 3.8) is 0 Å². The van der Waals surface area contributed by atoms with Crippen LogP contribution in [0.3, 0.4) is 0 Å². The Labute approximate surface area is 206 Å². The number of pyridine rings is 1. The Hall–Kier alpha value is -2.83. The van der Waals surface area contributed by atoms with Gasteiger partial charge in [0, 0.05) is 62.1 Å². The fourth-order valence-electron chi connectivity index (χ4n) is 3.94. The van der Waals surface area contributed by atoms with Gasteiger partial charge in [-0.3, -0.25) is 9.88 Å². The van der Waals surface area contributed by atoms with E-state index in [-0.39, 0.29) is 12.6 Å². The van der Waals surface area contributed by atoms with Crippen molar-refractivity contribution in [1.29, 1.82) is 0 Å². The highest BCUT2D eigenvalue weighted by Gasteiger charge is 2.25. The van der Waals surface area contributed by atoms with Gasteiger partial charge in [-0.2, -0.15) is 13.1 Å². The third-order valence-electron chi connectivity index (χ3n) is 5.69. The number of ether oxygens (including phenoxy) is 3. The number of methoxy groups -OCH3 is 2. The SMILES string of the molecule is COc1cc2nccc(N3CCN(C(C)CNS(=O)(=O)NC(=O)OC(C)(C)C)CC3)c2cc1OC. The van der Waals surface area contributed by atoms with Gasteiger partial charge in [0.25, 0.3) is 0 Å². The first-order chi connectivity index (χ1) is 16.4. The van der Waals surface area contributed by atoms with Crippen LogP contribution in [0.2, 0.25) is 0 Å². The van der Waals surface area contributed by atoms with Crippen LogP contribution in [-0.2, 0) is 14.9 Å². The Balaban J connectivity index is 1.59. The number of rotatable bonds is 8. The Bertz CT molecular complexity index is 1140. The van der Waals surface area contributed by atoms with Crippen LogP contribution in [0, 0.1) is 0 Å². The Kier molecular flexibility index (Phi) is 8.29. The number of carbonyl (C=O) groups excluding carboxylic acids is 1. The van der Waals surface area contributed by atoms with Crippen LogP contribution >= 0.6 is 0 Å². The summed E-state index contributed by atoms with van der Waals surface area (Å²) in [7, 11) is -0.811. The van der Waals surface area contributed by atoms with Gasteiger partial charge in [-0.15, -0.1) is 0 Å². The number of anilines is 1. The molecule has 12 heteroatoms. The molecule has 1 unspecified atom stereocenters. The van der Waals surface area contributed by atoms with Crippen molar-refractivity contribution in [3.8, 4) is 11.5 Å². The Morgan fingerprint density at radius 3 is 2.34 bits per heavy atom. The molecule has 1 aromatic heterocycles. The highest BCUT2D eigenvalue weighted by molar-refractivity contribution is 7.88. The van der Waals surface area contributed by atoms with Crippen molar-refractivity contribution in [1.82, 2.24) is 19.3 Å². The number of piperazine rings is 1. The maximum atomic E-state index is 12.2. The van der Waals surface area contributed by atoms with Crippen LogP contribution < -0.4 is 23.8 Å². The zero-order valence-corrected chi connectivity index (χ0v) is 21.9. The average Bonchev–Trinajstić information content (AvgIpc) is 2.79. The van der Waals surface area contributed by atoms with E-state index in [1.54, 1.807) is 41.2 Å². The van der Waals surface area contributed by atoms with Gasteiger partial charge in [0.05, 0.1) is 19.7 Å². The first-order valence-corrected chi connectivity index (χ1v) is 12.9. The van der Waals surface area contributed by atoms with E-state index in [0.29, 0.717) is 11.5 Å². The van der Waals surface area contributed by atoms with E-state index in [1.165, 1.54) is 0 Å². The Morgan fingerprint density at radius 2 is 1.74 bits per heavy atom. The second-order valence-corrected chi connectivity index (χ2v) is 10.9. The van der Waals surface area contributed by atoms with Crippen molar-refractivity contribution in [2.75, 3.05) is 51.8 Å². The van der Waals surface area contributed by atoms with Crippen LogP contribution in [0.4, 0.5) is 10.5 Å². The molecule has 1 aliphatic rings. The molecular formula is C23H35N5O6S. The molecule has 35 heavy (non-hydrogen) atoms. The first-order valence-electron chi connectivity index (χ1n) is 11.4. The molecule has 194 valence electrons. The molecule has 1 fully saturated rings. The van der Waals surface area contributed by atoms with Crippen molar-refractivity contribution in [3.05, 3.63) is 24.4 Å². The highest BCUT2D eigenvalue weighted by Crippen LogP contribution is 2.36. The molecule has 2 N–H and O–H groups in total. The number of fused-ring (bicyclic) bond motifs is 1. The topological polar surface area (TPSA) is 122 Å². The van der Waals surface area contributed by atoms with Gasteiger partial charge in [-0.1, -0.05) is 0 Å². The summed E-state index contributed by atoms with van der Waals surface area (Å²) < 4.78 is 44.6. The second-order valence-electron chi connectivity index (χ2n) is 9.38. The number of hydrogen-bond acceptors (Lipinski definition) is 9. The predicted molar refractivity (Wildman–Crippen MR) is 134 cm³/mol. The number of nitrogens with one attached hydrogen (secondary N) is 2. The summed E-state index contributed by atoms with van der Waals surface area (Å²) >= 11 is 0. The molecule has 1 atom stereocenters. The normalized spacial score (nSPS) is 16.1. The molecule has 2 aromatic rings. The minimum Gasteiger partial charge on any atom is -0.493 e. The van der Waals surface area contributed by atoms with Gasteiger partial charge in [-0.25, -0.2) is 9.52 Å². The number of aromatic nitrogens is 1. The molecule has 11 nitrogen and oxygen atoms in total. The maximum Gasteiger partial charge on any atom is 0.422 e. The minimum atomic E-state index is -4.02. The van der Waals surface area contributed by atoms with E-state index >= 15 is 0 Å². The zero-order valence-electron chi connectivity index (χ0n) is 21.1. The molecule has 1 amide bonds. The van der Waals surface area contributed by atoms with Gasteiger partial charge < -0.3 is 19.1 Å². The summed E-state index contributed by atoms with van der Waals surface area (Å²) in [5, 5.41) is 0.979. The Morgan fingerprint density at radius 1 is 1.11 bits per heavy atom. The monoisotopic (exact) mass is 509 g/mol. The molecule has 0 radical (unpaired) electrons. The van der Waals surface area contributed by atoms with Gasteiger partial charge >= 0.3 is 16.3 Å². The summed E-state index contributed by atoms with van der Waals surface area (Å²) in [5.41, 5.74) is 1.09. The van der Waals surface area contributed by atoms with Crippen molar-refractivity contribution >= 4 is 32.9 Å². The molecule has 2 heterocycles. The van der Waals surface area contributed by atoms with Gasteiger partial charge in [0.1, 0.15) is 5.60 Å². The molecule has 3 rings (SSSR count). The van der Waals surface area contributed by atoms with Crippen LogP contribution in [0.15, 0.2) is 24.4 Å². The molecular weight excluding hydrogens is 474 g/mol. The fraction of sp³-hybridized carbons (Fsp3) is 0.565. The van der Waals surface area contributed by atoms with Crippen LogP contribution in [0.1, 0.15) is 27.7 Å².